The van der Waals surface area contributed by atoms with Crippen LogP contribution in [-0.4, -0.2) is 28.1 Å². The molecule has 2 aromatic rings. The fourth-order valence-corrected chi connectivity index (χ4v) is 3.34. The summed E-state index contributed by atoms with van der Waals surface area (Å²) in [7, 11) is 0. The molecule has 1 aromatic heterocycles. The Morgan fingerprint density at radius 1 is 1.28 bits per heavy atom. The van der Waals surface area contributed by atoms with Crippen LogP contribution in [0.4, 0.5) is 4.79 Å². The van der Waals surface area contributed by atoms with Gasteiger partial charge in [0.1, 0.15) is 5.15 Å². The highest BCUT2D eigenvalue weighted by molar-refractivity contribution is 6.32. The molecular weight excluding hydrogens is 338 g/mol. The minimum atomic E-state index is -0.285. The smallest absolute Gasteiger partial charge is 0.334 e. The van der Waals surface area contributed by atoms with Crippen molar-refractivity contribution >= 4 is 23.8 Å². The number of halogens is 1. The number of para-hydroxylation sites is 1. The highest BCUT2D eigenvalue weighted by Crippen LogP contribution is 2.22. The molecule has 1 heterocycles. The first-order chi connectivity index (χ1) is 12.1. The Morgan fingerprint density at radius 3 is 2.72 bits per heavy atom. The number of carbonyl (C=O) groups excluding carboxylic acids is 1. The summed E-state index contributed by atoms with van der Waals surface area (Å²) in [4.78, 5) is 11.9. The van der Waals surface area contributed by atoms with Crippen molar-refractivity contribution in [2.45, 2.75) is 45.1 Å². The molecule has 132 valence electrons. The van der Waals surface area contributed by atoms with Crippen LogP contribution >= 0.6 is 11.6 Å². The largest absolute Gasteiger partial charge is 0.335 e. The minimum absolute atomic E-state index is 0.245. The summed E-state index contributed by atoms with van der Waals surface area (Å²) in [5.74, 6) is 0. The monoisotopic (exact) mass is 359 g/mol. The predicted molar refractivity (Wildman–Crippen MR) is 99.4 cm³/mol. The van der Waals surface area contributed by atoms with Gasteiger partial charge in [0.15, 0.2) is 0 Å². The zero-order valence-corrected chi connectivity index (χ0v) is 15.0. The average Bonchev–Trinajstić information content (AvgIpc) is 2.91. The molecule has 0 spiro atoms. The molecule has 2 N–H and O–H groups in total. The molecule has 1 aromatic carbocycles. The summed E-state index contributed by atoms with van der Waals surface area (Å²) in [5.41, 5.74) is 4.81. The lowest BCUT2D eigenvalue weighted by Gasteiger charge is -2.22. The molecule has 0 aliphatic heterocycles. The zero-order chi connectivity index (χ0) is 17.6. The molecule has 25 heavy (non-hydrogen) atoms. The lowest BCUT2D eigenvalue weighted by atomic mass is 9.96. The first-order valence-electron chi connectivity index (χ1n) is 8.55. The van der Waals surface area contributed by atoms with E-state index in [1.165, 1.54) is 25.5 Å². The Balaban J connectivity index is 1.63. The van der Waals surface area contributed by atoms with Crippen molar-refractivity contribution in [3.05, 3.63) is 46.7 Å². The second-order valence-electron chi connectivity index (χ2n) is 6.22. The SMILES string of the molecule is Cc1nn(-c2ccccc2)c(Cl)c1/C=N\NC(=O)NC1CCCCC1. The van der Waals surface area contributed by atoms with E-state index in [9.17, 15) is 4.79 Å². The molecule has 0 radical (unpaired) electrons. The molecule has 0 unspecified atom stereocenters. The number of aryl methyl sites for hydroxylation is 1. The highest BCUT2D eigenvalue weighted by atomic mass is 35.5. The molecule has 3 rings (SSSR count). The summed E-state index contributed by atoms with van der Waals surface area (Å²) >= 11 is 6.42. The van der Waals surface area contributed by atoms with Gasteiger partial charge in [-0.1, -0.05) is 49.1 Å². The molecule has 2 amide bonds. The fraction of sp³-hybridized carbons (Fsp3) is 0.389. The fourth-order valence-electron chi connectivity index (χ4n) is 3.02. The molecule has 1 fully saturated rings. The van der Waals surface area contributed by atoms with E-state index in [4.69, 9.17) is 11.6 Å². The molecule has 1 aliphatic rings. The molecule has 1 saturated carbocycles. The van der Waals surface area contributed by atoms with E-state index in [1.807, 2.05) is 37.3 Å². The average molecular weight is 360 g/mol. The van der Waals surface area contributed by atoms with Gasteiger partial charge >= 0.3 is 6.03 Å². The van der Waals surface area contributed by atoms with Crippen molar-refractivity contribution in [2.75, 3.05) is 0 Å². The predicted octanol–water partition coefficient (Wildman–Crippen LogP) is 3.80. The molecule has 1 aliphatic carbocycles. The van der Waals surface area contributed by atoms with E-state index < -0.39 is 0 Å². The quantitative estimate of drug-likeness (QED) is 0.643. The molecule has 0 bridgehead atoms. The molecule has 0 saturated heterocycles. The minimum Gasteiger partial charge on any atom is -0.334 e. The van der Waals surface area contributed by atoms with Crippen molar-refractivity contribution in [3.63, 3.8) is 0 Å². The third-order valence-electron chi connectivity index (χ3n) is 4.35. The van der Waals surface area contributed by atoms with Crippen LogP contribution in [0, 0.1) is 6.92 Å². The lowest BCUT2D eigenvalue weighted by Crippen LogP contribution is -2.41. The van der Waals surface area contributed by atoms with Crippen LogP contribution in [0.25, 0.3) is 5.69 Å². The second kappa shape index (κ2) is 8.16. The number of hydrogen-bond acceptors (Lipinski definition) is 3. The van der Waals surface area contributed by atoms with Gasteiger partial charge in [0, 0.05) is 6.04 Å². The molecule has 0 atom stereocenters. The van der Waals surface area contributed by atoms with E-state index >= 15 is 0 Å². The number of hydrazone groups is 1. The maximum atomic E-state index is 11.9. The van der Waals surface area contributed by atoms with Gasteiger partial charge in [0.25, 0.3) is 0 Å². The van der Waals surface area contributed by atoms with Gasteiger partial charge < -0.3 is 5.32 Å². The van der Waals surface area contributed by atoms with E-state index in [0.717, 1.165) is 24.2 Å². The number of benzene rings is 1. The summed E-state index contributed by atoms with van der Waals surface area (Å²) in [5, 5.41) is 11.9. The normalized spacial score (nSPS) is 15.4. The van der Waals surface area contributed by atoms with Crippen LogP contribution in [0.2, 0.25) is 5.15 Å². The Bertz CT molecular complexity index is 750. The molecular formula is C18H22ClN5O. The second-order valence-corrected chi connectivity index (χ2v) is 6.57. The zero-order valence-electron chi connectivity index (χ0n) is 14.2. The van der Waals surface area contributed by atoms with E-state index in [-0.39, 0.29) is 12.1 Å². The van der Waals surface area contributed by atoms with Crippen molar-refractivity contribution in [3.8, 4) is 5.69 Å². The number of urea groups is 1. The van der Waals surface area contributed by atoms with Gasteiger partial charge in [-0.25, -0.2) is 14.9 Å². The van der Waals surface area contributed by atoms with Gasteiger partial charge in [-0.05, 0) is 31.9 Å². The van der Waals surface area contributed by atoms with Crippen molar-refractivity contribution in [1.29, 1.82) is 0 Å². The first-order valence-corrected chi connectivity index (χ1v) is 8.93. The van der Waals surface area contributed by atoms with Gasteiger partial charge in [-0.3, -0.25) is 0 Å². The van der Waals surface area contributed by atoms with Crippen LogP contribution in [-0.2, 0) is 0 Å². The van der Waals surface area contributed by atoms with Gasteiger partial charge in [0.2, 0.25) is 0 Å². The number of aromatic nitrogens is 2. The van der Waals surface area contributed by atoms with Crippen molar-refractivity contribution in [1.82, 2.24) is 20.5 Å². The number of hydrogen-bond donors (Lipinski definition) is 2. The third kappa shape index (κ3) is 4.39. The summed E-state index contributed by atoms with van der Waals surface area (Å²) in [6.07, 6.45) is 7.19. The Kier molecular flexibility index (Phi) is 5.71. The van der Waals surface area contributed by atoms with E-state index in [2.05, 4.69) is 20.9 Å². The van der Waals surface area contributed by atoms with Gasteiger partial charge in [-0.2, -0.15) is 10.2 Å². The van der Waals surface area contributed by atoms with Crippen LogP contribution in [0.1, 0.15) is 43.4 Å². The van der Waals surface area contributed by atoms with E-state index in [1.54, 1.807) is 4.68 Å². The van der Waals surface area contributed by atoms with Crippen molar-refractivity contribution < 1.29 is 4.79 Å². The van der Waals surface area contributed by atoms with Gasteiger partial charge in [0.05, 0.1) is 23.2 Å². The van der Waals surface area contributed by atoms with Gasteiger partial charge in [-0.15, -0.1) is 0 Å². The number of amides is 2. The maximum absolute atomic E-state index is 11.9. The molecule has 6 nitrogen and oxygen atoms in total. The summed E-state index contributed by atoms with van der Waals surface area (Å²) in [6, 6.07) is 9.60. The molecule has 7 heteroatoms. The topological polar surface area (TPSA) is 71.3 Å². The third-order valence-corrected chi connectivity index (χ3v) is 4.71. The number of nitrogens with one attached hydrogen (secondary N) is 2. The maximum Gasteiger partial charge on any atom is 0.335 e. The number of rotatable bonds is 4. The lowest BCUT2D eigenvalue weighted by molar-refractivity contribution is 0.233. The van der Waals surface area contributed by atoms with Crippen LogP contribution < -0.4 is 10.7 Å². The van der Waals surface area contributed by atoms with Crippen LogP contribution in [0.3, 0.4) is 0 Å². The summed E-state index contributed by atoms with van der Waals surface area (Å²) < 4.78 is 1.65. The van der Waals surface area contributed by atoms with Crippen LogP contribution in [0.15, 0.2) is 35.4 Å². The number of nitrogens with zero attached hydrogens (tertiary/aromatic N) is 3. The number of carbonyl (C=O) groups is 1. The standard InChI is InChI=1S/C18H22ClN5O/c1-13-16(17(19)24(23-13)15-10-6-3-7-11-15)12-20-22-18(25)21-14-8-4-2-5-9-14/h3,6-7,10-12,14H,2,4-5,8-9H2,1H3,(H2,21,22,25)/b20-12-. The Hall–Kier alpha value is -2.34. The Labute approximate surface area is 152 Å². The highest BCUT2D eigenvalue weighted by Gasteiger charge is 2.16. The van der Waals surface area contributed by atoms with Crippen LogP contribution in [0.5, 0.6) is 0 Å². The van der Waals surface area contributed by atoms with E-state index in [0.29, 0.717) is 10.7 Å². The Morgan fingerprint density at radius 2 is 2.00 bits per heavy atom. The van der Waals surface area contributed by atoms with Crippen molar-refractivity contribution in [2.24, 2.45) is 5.10 Å². The first kappa shape index (κ1) is 17.5. The summed E-state index contributed by atoms with van der Waals surface area (Å²) in [6.45, 7) is 1.86.